The summed E-state index contributed by atoms with van der Waals surface area (Å²) in [5, 5.41) is 13.3. The number of non-ortho nitro benzene ring substituents is 1. The van der Waals surface area contributed by atoms with Crippen LogP contribution in [-0.4, -0.2) is 16.9 Å². The Bertz CT molecular complexity index is 796. The monoisotopic (exact) mass is 444 g/mol. The van der Waals surface area contributed by atoms with Gasteiger partial charge in [-0.3, -0.25) is 14.9 Å². The fourth-order valence-corrected chi connectivity index (χ4v) is 2.69. The van der Waals surface area contributed by atoms with E-state index in [0.29, 0.717) is 9.32 Å². The number of hydrogen-bond donors (Lipinski definition) is 1. The van der Waals surface area contributed by atoms with Crippen molar-refractivity contribution in [1.29, 1.82) is 0 Å². The molecule has 0 radical (unpaired) electrons. The van der Waals surface area contributed by atoms with Crippen molar-refractivity contribution in [2.45, 2.75) is 20.0 Å². The summed E-state index contributed by atoms with van der Waals surface area (Å²) in [5.41, 5.74) is 0.342. The first-order chi connectivity index (χ1) is 11.3. The maximum absolute atomic E-state index is 13.5. The highest BCUT2D eigenvalue weighted by Crippen LogP contribution is 2.28. The van der Waals surface area contributed by atoms with Gasteiger partial charge in [-0.25, -0.2) is 4.39 Å². The molecule has 0 aromatic heterocycles. The van der Waals surface area contributed by atoms with Crippen molar-refractivity contribution in [3.05, 3.63) is 61.5 Å². The minimum Gasteiger partial charge on any atom is -0.489 e. The van der Waals surface area contributed by atoms with Gasteiger partial charge in [0.1, 0.15) is 11.6 Å². The van der Waals surface area contributed by atoms with E-state index in [1.54, 1.807) is 0 Å². The van der Waals surface area contributed by atoms with Crippen LogP contribution in [0.2, 0.25) is 0 Å². The van der Waals surface area contributed by atoms with Crippen LogP contribution in [0.5, 0.6) is 5.75 Å². The molecule has 6 nitrogen and oxygen atoms in total. The van der Waals surface area contributed by atoms with Crippen molar-refractivity contribution in [3.8, 4) is 5.75 Å². The van der Waals surface area contributed by atoms with Crippen LogP contribution < -0.4 is 10.1 Å². The van der Waals surface area contributed by atoms with E-state index in [1.165, 1.54) is 30.3 Å². The van der Waals surface area contributed by atoms with E-state index in [1.807, 2.05) is 36.4 Å². The summed E-state index contributed by atoms with van der Waals surface area (Å²) in [5.74, 6) is -0.676. The molecule has 0 spiro atoms. The lowest BCUT2D eigenvalue weighted by molar-refractivity contribution is -0.384. The predicted molar refractivity (Wildman–Crippen MR) is 95.9 cm³/mol. The van der Waals surface area contributed by atoms with Gasteiger partial charge in [0.25, 0.3) is 11.6 Å². The number of nitrogens with zero attached hydrogens (tertiary/aromatic N) is 1. The van der Waals surface area contributed by atoms with Crippen LogP contribution in [0.25, 0.3) is 0 Å². The summed E-state index contributed by atoms with van der Waals surface area (Å²) < 4.78 is 19.4. The number of amides is 1. The molecule has 0 aliphatic carbocycles. The first-order valence-electron chi connectivity index (χ1n) is 6.99. The number of carbonyl (C=O) groups excluding carboxylic acids is 1. The number of benzene rings is 2. The van der Waals surface area contributed by atoms with Crippen LogP contribution in [0.3, 0.4) is 0 Å². The van der Waals surface area contributed by atoms with Gasteiger partial charge in [-0.05, 0) is 54.6 Å². The summed E-state index contributed by atoms with van der Waals surface area (Å²) in [7, 11) is 0. The molecule has 0 unspecified atom stereocenters. The van der Waals surface area contributed by atoms with Crippen molar-refractivity contribution in [3.63, 3.8) is 0 Å². The SMILES string of the molecule is CC(C)Oc1ccc(F)cc1NC(=O)c1ccc([N+](=O)[O-])cc1I. The van der Waals surface area contributed by atoms with Crippen molar-refractivity contribution < 1.29 is 18.8 Å². The Morgan fingerprint density at radius 3 is 2.58 bits per heavy atom. The maximum atomic E-state index is 13.5. The van der Waals surface area contributed by atoms with Crippen LogP contribution in [0.15, 0.2) is 36.4 Å². The largest absolute Gasteiger partial charge is 0.489 e. The molecule has 0 bridgehead atoms. The highest BCUT2D eigenvalue weighted by Gasteiger charge is 2.17. The normalized spacial score (nSPS) is 10.5. The van der Waals surface area contributed by atoms with Crippen LogP contribution in [0.4, 0.5) is 15.8 Å². The number of carbonyl (C=O) groups is 1. The lowest BCUT2D eigenvalue weighted by atomic mass is 10.2. The summed E-state index contributed by atoms with van der Waals surface area (Å²) in [6, 6.07) is 7.74. The number of nitrogens with one attached hydrogen (secondary N) is 1. The van der Waals surface area contributed by atoms with Crippen molar-refractivity contribution in [2.75, 3.05) is 5.32 Å². The van der Waals surface area contributed by atoms with Gasteiger partial charge in [-0.2, -0.15) is 0 Å². The highest BCUT2D eigenvalue weighted by atomic mass is 127. The molecule has 1 amide bonds. The molecule has 2 rings (SSSR count). The Morgan fingerprint density at radius 2 is 2.00 bits per heavy atom. The molecule has 0 saturated carbocycles. The first kappa shape index (κ1) is 18.1. The standard InChI is InChI=1S/C16H14FIN2O4/c1-9(2)24-15-6-3-10(17)7-14(15)19-16(21)12-5-4-11(20(22)23)8-13(12)18/h3-9H,1-2H3,(H,19,21). The Hall–Kier alpha value is -2.23. The molecular weight excluding hydrogens is 430 g/mol. The summed E-state index contributed by atoms with van der Waals surface area (Å²) >= 11 is 1.84. The molecule has 0 aliphatic heterocycles. The zero-order chi connectivity index (χ0) is 17.9. The molecule has 126 valence electrons. The quantitative estimate of drug-likeness (QED) is 0.422. The molecule has 1 N–H and O–H groups in total. The number of nitro groups is 1. The third kappa shape index (κ3) is 4.40. The fraction of sp³-hybridized carbons (Fsp3) is 0.188. The van der Waals surface area contributed by atoms with Crippen LogP contribution in [0.1, 0.15) is 24.2 Å². The molecule has 2 aromatic rings. The number of ether oxygens (including phenoxy) is 1. The van der Waals surface area contributed by atoms with Crippen molar-refractivity contribution in [2.24, 2.45) is 0 Å². The third-order valence-corrected chi connectivity index (χ3v) is 3.85. The van der Waals surface area contributed by atoms with E-state index in [4.69, 9.17) is 4.74 Å². The molecule has 2 aromatic carbocycles. The van der Waals surface area contributed by atoms with Gasteiger partial charge in [0.15, 0.2) is 0 Å². The van der Waals surface area contributed by atoms with E-state index in [-0.39, 0.29) is 23.0 Å². The van der Waals surface area contributed by atoms with Crippen LogP contribution in [-0.2, 0) is 0 Å². The molecule has 0 saturated heterocycles. The topological polar surface area (TPSA) is 81.5 Å². The molecule has 24 heavy (non-hydrogen) atoms. The molecule has 8 heteroatoms. The minimum absolute atomic E-state index is 0.106. The van der Waals surface area contributed by atoms with E-state index in [0.717, 1.165) is 6.07 Å². The minimum atomic E-state index is -0.537. The number of halogens is 2. The van der Waals surface area contributed by atoms with Gasteiger partial charge in [0.2, 0.25) is 0 Å². The van der Waals surface area contributed by atoms with Crippen molar-refractivity contribution >= 4 is 39.9 Å². The second-order valence-electron chi connectivity index (χ2n) is 5.18. The van der Waals surface area contributed by atoms with Gasteiger partial charge in [-0.15, -0.1) is 0 Å². The zero-order valence-corrected chi connectivity index (χ0v) is 15.0. The second-order valence-corrected chi connectivity index (χ2v) is 6.34. The summed E-state index contributed by atoms with van der Waals surface area (Å²) in [6.45, 7) is 3.63. The summed E-state index contributed by atoms with van der Waals surface area (Å²) in [4.78, 5) is 22.6. The van der Waals surface area contributed by atoms with Crippen molar-refractivity contribution in [1.82, 2.24) is 0 Å². The average molecular weight is 444 g/mol. The van der Waals surface area contributed by atoms with E-state index in [9.17, 15) is 19.3 Å². The van der Waals surface area contributed by atoms with Gasteiger partial charge in [0.05, 0.1) is 22.3 Å². The zero-order valence-electron chi connectivity index (χ0n) is 12.9. The Balaban J connectivity index is 2.30. The van der Waals surface area contributed by atoms with E-state index >= 15 is 0 Å². The first-order valence-corrected chi connectivity index (χ1v) is 8.07. The van der Waals surface area contributed by atoms with Gasteiger partial charge >= 0.3 is 0 Å². The molecule has 0 atom stereocenters. The van der Waals surface area contributed by atoms with E-state index < -0.39 is 16.6 Å². The number of rotatable bonds is 5. The van der Waals surface area contributed by atoms with Crippen LogP contribution >= 0.6 is 22.6 Å². The highest BCUT2D eigenvalue weighted by molar-refractivity contribution is 14.1. The number of nitro benzene ring substituents is 1. The molecule has 0 aliphatic rings. The molecule has 0 heterocycles. The maximum Gasteiger partial charge on any atom is 0.270 e. The fourth-order valence-electron chi connectivity index (χ4n) is 1.95. The van der Waals surface area contributed by atoms with E-state index in [2.05, 4.69) is 5.32 Å². The smallest absolute Gasteiger partial charge is 0.270 e. The van der Waals surface area contributed by atoms with Gasteiger partial charge < -0.3 is 10.1 Å². The van der Waals surface area contributed by atoms with Gasteiger partial charge in [-0.1, -0.05) is 0 Å². The number of hydrogen-bond acceptors (Lipinski definition) is 4. The average Bonchev–Trinajstić information content (AvgIpc) is 2.49. The Labute approximate surface area is 151 Å². The lowest BCUT2D eigenvalue weighted by Gasteiger charge is -2.15. The molecular formula is C16H14FIN2O4. The van der Waals surface area contributed by atoms with Gasteiger partial charge in [0, 0.05) is 21.8 Å². The number of anilines is 1. The Morgan fingerprint density at radius 1 is 1.29 bits per heavy atom. The lowest BCUT2D eigenvalue weighted by Crippen LogP contribution is -2.16. The Kier molecular flexibility index (Phi) is 5.71. The predicted octanol–water partition coefficient (Wildman–Crippen LogP) is 4.38. The third-order valence-electron chi connectivity index (χ3n) is 2.96. The molecule has 0 fully saturated rings. The summed E-state index contributed by atoms with van der Waals surface area (Å²) in [6.07, 6.45) is -0.148. The second kappa shape index (κ2) is 7.56. The van der Waals surface area contributed by atoms with Crippen LogP contribution in [0, 0.1) is 19.5 Å².